The zero-order valence-corrected chi connectivity index (χ0v) is 18.2. The molecule has 6 nitrogen and oxygen atoms in total. The van der Waals surface area contributed by atoms with Crippen molar-refractivity contribution in [2.45, 2.75) is 38.9 Å². The van der Waals surface area contributed by atoms with Gasteiger partial charge in [-0.2, -0.15) is 14.0 Å². The fourth-order valence-electron chi connectivity index (χ4n) is 3.54. The van der Waals surface area contributed by atoms with E-state index >= 15 is 0 Å². The number of aromatic nitrogens is 2. The Morgan fingerprint density at radius 1 is 1.35 bits per heavy atom. The van der Waals surface area contributed by atoms with E-state index in [1.54, 1.807) is 17.4 Å². The number of nitrogens with zero attached hydrogens (tertiary/aromatic N) is 4. The van der Waals surface area contributed by atoms with E-state index in [9.17, 15) is 14.0 Å². The van der Waals surface area contributed by atoms with Crippen molar-refractivity contribution < 1.29 is 18.3 Å². The zero-order chi connectivity index (χ0) is 22.2. The Balaban J connectivity index is 1.71. The molecule has 162 valence electrons. The van der Waals surface area contributed by atoms with Gasteiger partial charge in [-0.3, -0.25) is 4.98 Å². The van der Waals surface area contributed by atoms with Gasteiger partial charge in [-0.05, 0) is 18.2 Å². The Labute approximate surface area is 183 Å². The molecule has 3 aromatic rings. The molecule has 0 N–H and O–H groups in total. The summed E-state index contributed by atoms with van der Waals surface area (Å²) in [5.74, 6) is 0.0280. The molecule has 1 aliphatic heterocycles. The number of pyridine rings is 1. The molecule has 1 atom stereocenters. The van der Waals surface area contributed by atoms with Crippen LogP contribution in [-0.2, 0) is 10.2 Å². The highest BCUT2D eigenvalue weighted by molar-refractivity contribution is 7.09. The van der Waals surface area contributed by atoms with E-state index in [0.29, 0.717) is 41.9 Å². The molecule has 0 aliphatic carbocycles. The van der Waals surface area contributed by atoms with Gasteiger partial charge in [-0.1, -0.05) is 20.8 Å². The molecule has 0 spiro atoms. The minimum absolute atomic E-state index is 0.0280. The summed E-state index contributed by atoms with van der Waals surface area (Å²) >= 11 is 1.56. The third-order valence-electron chi connectivity index (χ3n) is 5.11. The summed E-state index contributed by atoms with van der Waals surface area (Å²) in [4.78, 5) is 11.1. The quantitative estimate of drug-likeness (QED) is 0.561. The topological polar surface area (TPSA) is 71.3 Å². The van der Waals surface area contributed by atoms with Crippen molar-refractivity contribution in [3.63, 3.8) is 0 Å². The number of morpholine rings is 1. The largest absolute Gasteiger partial charge is 0.435 e. The third kappa shape index (κ3) is 4.45. The summed E-state index contributed by atoms with van der Waals surface area (Å²) in [6.45, 7) is 4.91. The van der Waals surface area contributed by atoms with E-state index in [-0.39, 0.29) is 17.3 Å². The van der Waals surface area contributed by atoms with Crippen LogP contribution < -0.4 is 9.64 Å². The molecule has 0 bridgehead atoms. The third-order valence-corrected chi connectivity index (χ3v) is 6.04. The van der Waals surface area contributed by atoms with Crippen LogP contribution in [0.15, 0.2) is 29.8 Å². The van der Waals surface area contributed by atoms with Gasteiger partial charge in [0.1, 0.15) is 22.9 Å². The van der Waals surface area contributed by atoms with Crippen molar-refractivity contribution in [2.75, 3.05) is 24.6 Å². The van der Waals surface area contributed by atoms with Crippen LogP contribution in [0.2, 0.25) is 0 Å². The van der Waals surface area contributed by atoms with Crippen LogP contribution in [0.5, 0.6) is 5.75 Å². The number of fused-ring (bicyclic) bond motifs is 1. The Kier molecular flexibility index (Phi) is 5.77. The van der Waals surface area contributed by atoms with Gasteiger partial charge in [0.15, 0.2) is 0 Å². The molecular formula is C22H22F2N4O2S. The normalized spacial score (nSPS) is 17.2. The van der Waals surface area contributed by atoms with Crippen LogP contribution in [-0.4, -0.2) is 36.3 Å². The summed E-state index contributed by atoms with van der Waals surface area (Å²) < 4.78 is 36.0. The number of alkyl halides is 2. The standard InChI is InChI=1S/C22H22F2N4O2S/c1-22(2,3)18-12-31-20(27-18)17-11-28(6-7-29-17)19-13(9-25)10-26-16-5-4-14(8-15(16)19)30-21(23)24/h4-5,8,10,12,17,21H,6-7,11H2,1-3H3. The smallest absolute Gasteiger partial charge is 0.387 e. The molecule has 1 aliphatic rings. The first kappa shape index (κ1) is 21.4. The van der Waals surface area contributed by atoms with Crippen LogP contribution in [0.25, 0.3) is 10.9 Å². The van der Waals surface area contributed by atoms with Crippen molar-refractivity contribution >= 4 is 27.9 Å². The number of hydrogen-bond donors (Lipinski definition) is 0. The zero-order valence-electron chi connectivity index (χ0n) is 17.4. The summed E-state index contributed by atoms with van der Waals surface area (Å²) in [7, 11) is 0. The molecule has 3 heterocycles. The van der Waals surface area contributed by atoms with E-state index < -0.39 is 6.61 Å². The first-order valence-electron chi connectivity index (χ1n) is 9.86. The highest BCUT2D eigenvalue weighted by Crippen LogP contribution is 2.36. The number of nitriles is 1. The van der Waals surface area contributed by atoms with Gasteiger partial charge >= 0.3 is 6.61 Å². The molecule has 1 saturated heterocycles. The Bertz CT molecular complexity index is 1140. The maximum atomic E-state index is 12.7. The summed E-state index contributed by atoms with van der Waals surface area (Å²) in [6.07, 6.45) is 1.27. The molecule has 2 aromatic heterocycles. The fourth-order valence-corrected chi connectivity index (χ4v) is 4.62. The van der Waals surface area contributed by atoms with E-state index in [1.165, 1.54) is 18.3 Å². The molecule has 0 saturated carbocycles. The fraction of sp³-hybridized carbons (Fsp3) is 0.409. The van der Waals surface area contributed by atoms with Gasteiger partial charge < -0.3 is 14.4 Å². The lowest BCUT2D eigenvalue weighted by Crippen LogP contribution is -2.39. The number of hydrogen-bond acceptors (Lipinski definition) is 7. The van der Waals surface area contributed by atoms with Crippen molar-refractivity contribution in [2.24, 2.45) is 0 Å². The van der Waals surface area contributed by atoms with Crippen LogP contribution >= 0.6 is 11.3 Å². The lowest BCUT2D eigenvalue weighted by molar-refractivity contribution is -0.0497. The minimum atomic E-state index is -2.93. The number of rotatable bonds is 4. The number of benzene rings is 1. The lowest BCUT2D eigenvalue weighted by atomic mass is 9.93. The lowest BCUT2D eigenvalue weighted by Gasteiger charge is -2.34. The van der Waals surface area contributed by atoms with E-state index in [1.807, 2.05) is 10.3 Å². The predicted octanol–water partition coefficient (Wildman–Crippen LogP) is 5.04. The number of anilines is 1. The number of ether oxygens (including phenoxy) is 2. The highest BCUT2D eigenvalue weighted by atomic mass is 32.1. The molecular weight excluding hydrogens is 422 g/mol. The van der Waals surface area contributed by atoms with E-state index in [4.69, 9.17) is 9.72 Å². The highest BCUT2D eigenvalue weighted by Gasteiger charge is 2.29. The molecule has 1 fully saturated rings. The minimum Gasteiger partial charge on any atom is -0.435 e. The number of halogens is 2. The van der Waals surface area contributed by atoms with Crippen molar-refractivity contribution in [3.8, 4) is 11.8 Å². The molecule has 1 aromatic carbocycles. The second-order valence-corrected chi connectivity index (χ2v) is 9.21. The van der Waals surface area contributed by atoms with Crippen LogP contribution in [0.4, 0.5) is 14.5 Å². The van der Waals surface area contributed by atoms with Crippen LogP contribution in [0.3, 0.4) is 0 Å². The van der Waals surface area contributed by atoms with Gasteiger partial charge in [0.25, 0.3) is 0 Å². The van der Waals surface area contributed by atoms with E-state index in [2.05, 4.69) is 36.6 Å². The summed E-state index contributed by atoms with van der Waals surface area (Å²) in [5, 5.41) is 13.2. The van der Waals surface area contributed by atoms with Crippen molar-refractivity contribution in [3.05, 3.63) is 46.0 Å². The van der Waals surface area contributed by atoms with Crippen molar-refractivity contribution in [1.82, 2.24) is 9.97 Å². The summed E-state index contributed by atoms with van der Waals surface area (Å²) in [6, 6.07) is 6.75. The molecule has 9 heteroatoms. The molecule has 0 amide bonds. The van der Waals surface area contributed by atoms with Gasteiger partial charge in [0.05, 0.1) is 35.6 Å². The van der Waals surface area contributed by atoms with Gasteiger partial charge in [-0.15, -0.1) is 11.3 Å². The Morgan fingerprint density at radius 3 is 2.84 bits per heavy atom. The van der Waals surface area contributed by atoms with Crippen LogP contribution in [0, 0.1) is 11.3 Å². The second kappa shape index (κ2) is 8.36. The molecule has 31 heavy (non-hydrogen) atoms. The Morgan fingerprint density at radius 2 is 2.16 bits per heavy atom. The summed E-state index contributed by atoms with van der Waals surface area (Å²) in [5.41, 5.74) is 2.57. The average molecular weight is 445 g/mol. The monoisotopic (exact) mass is 444 g/mol. The van der Waals surface area contributed by atoms with Gasteiger partial charge in [0, 0.05) is 28.9 Å². The van der Waals surface area contributed by atoms with Gasteiger partial charge in [0.2, 0.25) is 0 Å². The number of thiazole rings is 1. The van der Waals surface area contributed by atoms with Crippen molar-refractivity contribution in [1.29, 1.82) is 5.26 Å². The molecule has 0 radical (unpaired) electrons. The van der Waals surface area contributed by atoms with Gasteiger partial charge in [-0.25, -0.2) is 4.98 Å². The predicted molar refractivity (Wildman–Crippen MR) is 115 cm³/mol. The SMILES string of the molecule is CC(C)(C)c1csc(C2CN(c3c(C#N)cnc4ccc(OC(F)F)cc34)CCO2)n1. The second-order valence-electron chi connectivity index (χ2n) is 8.32. The first-order valence-corrected chi connectivity index (χ1v) is 10.7. The van der Waals surface area contributed by atoms with E-state index in [0.717, 1.165) is 10.7 Å². The van der Waals surface area contributed by atoms with Crippen LogP contribution in [0.1, 0.15) is 43.1 Å². The Hall–Kier alpha value is -2.83. The molecule has 4 rings (SSSR count). The average Bonchev–Trinajstić information content (AvgIpc) is 3.23. The maximum absolute atomic E-state index is 12.7. The maximum Gasteiger partial charge on any atom is 0.387 e. The first-order chi connectivity index (χ1) is 14.8. The molecule has 1 unspecified atom stereocenters.